The first-order valence-electron chi connectivity index (χ1n) is 5.04. The normalized spacial score (nSPS) is 20.5. The maximum atomic E-state index is 10.1. The zero-order valence-electron chi connectivity index (χ0n) is 8.83. The van der Waals surface area contributed by atoms with Crippen LogP contribution in [0.15, 0.2) is 24.3 Å². The second-order valence-electron chi connectivity index (χ2n) is 4.50. The fraction of sp³-hybridized carbons (Fsp3) is 0.500. The summed E-state index contributed by atoms with van der Waals surface area (Å²) in [5.41, 5.74) is 2.06. The molecule has 1 aliphatic rings. The highest BCUT2D eigenvalue weighted by Crippen LogP contribution is 2.24. The number of hydrogen-bond acceptors (Lipinski definition) is 2. The van der Waals surface area contributed by atoms with E-state index in [0.717, 1.165) is 19.5 Å². The summed E-state index contributed by atoms with van der Waals surface area (Å²) in [5.74, 6) is 0. The Morgan fingerprint density at radius 1 is 1.36 bits per heavy atom. The number of nitrogens with zero attached hydrogens (tertiary/aromatic N) is 1. The van der Waals surface area contributed by atoms with Crippen LogP contribution in [0, 0.1) is 6.92 Å². The Morgan fingerprint density at radius 3 is 2.57 bits per heavy atom. The predicted molar refractivity (Wildman–Crippen MR) is 57.3 cm³/mol. The molecule has 0 aliphatic carbocycles. The van der Waals surface area contributed by atoms with Gasteiger partial charge in [-0.15, -0.1) is 0 Å². The van der Waals surface area contributed by atoms with E-state index in [2.05, 4.69) is 24.0 Å². The van der Waals surface area contributed by atoms with Crippen LogP contribution in [0.2, 0.25) is 0 Å². The number of aryl methyl sites for hydroxylation is 1. The number of benzene rings is 1. The van der Waals surface area contributed by atoms with E-state index < -0.39 is 5.60 Å². The Labute approximate surface area is 85.2 Å². The van der Waals surface area contributed by atoms with Gasteiger partial charge in [0.1, 0.15) is 0 Å². The van der Waals surface area contributed by atoms with Crippen LogP contribution >= 0.6 is 0 Å². The number of aliphatic hydroxyl groups is 1. The number of likely N-dealkylation sites (tertiary alicyclic amines) is 1. The van der Waals surface area contributed by atoms with Gasteiger partial charge in [0, 0.05) is 19.5 Å². The van der Waals surface area contributed by atoms with Crippen molar-refractivity contribution in [2.24, 2.45) is 0 Å². The van der Waals surface area contributed by atoms with E-state index in [0.29, 0.717) is 0 Å². The zero-order chi connectivity index (χ0) is 10.2. The molecule has 0 saturated carbocycles. The molecule has 0 atom stereocenters. The third-order valence-corrected chi connectivity index (χ3v) is 2.91. The van der Waals surface area contributed by atoms with Crippen LogP contribution in [0.5, 0.6) is 0 Å². The van der Waals surface area contributed by atoms with Crippen LogP contribution < -0.4 is 0 Å². The molecule has 1 N–H and O–H groups in total. The third-order valence-electron chi connectivity index (χ3n) is 2.91. The average Bonchev–Trinajstić information content (AvgIpc) is 2.06. The number of rotatable bonds is 2. The smallest absolute Gasteiger partial charge is 0.0940 e. The summed E-state index contributed by atoms with van der Waals surface area (Å²) >= 11 is 0. The van der Waals surface area contributed by atoms with Crippen LogP contribution in [0.1, 0.15) is 11.1 Å². The summed E-state index contributed by atoms with van der Waals surface area (Å²) in [6.45, 7) is 3.68. The fourth-order valence-electron chi connectivity index (χ4n) is 2.23. The van der Waals surface area contributed by atoms with Gasteiger partial charge in [-0.05, 0) is 25.1 Å². The zero-order valence-corrected chi connectivity index (χ0v) is 8.83. The van der Waals surface area contributed by atoms with Crippen LogP contribution in [-0.4, -0.2) is 35.7 Å². The molecule has 76 valence electrons. The molecule has 1 aromatic rings. The summed E-state index contributed by atoms with van der Waals surface area (Å²) < 4.78 is 0. The van der Waals surface area contributed by atoms with Crippen molar-refractivity contribution < 1.29 is 5.11 Å². The molecule has 0 radical (unpaired) electrons. The molecule has 1 fully saturated rings. The van der Waals surface area contributed by atoms with Gasteiger partial charge >= 0.3 is 0 Å². The predicted octanol–water partition coefficient (Wildman–Crippen LogP) is 1.21. The monoisotopic (exact) mass is 191 g/mol. The lowest BCUT2D eigenvalue weighted by atomic mass is 9.86. The second kappa shape index (κ2) is 3.37. The van der Waals surface area contributed by atoms with Gasteiger partial charge in [0.2, 0.25) is 0 Å². The lowest BCUT2D eigenvalue weighted by Crippen LogP contribution is -2.61. The lowest BCUT2D eigenvalue weighted by molar-refractivity contribution is -0.0848. The molecule has 14 heavy (non-hydrogen) atoms. The van der Waals surface area contributed by atoms with Crippen molar-refractivity contribution >= 4 is 0 Å². The molecule has 2 rings (SSSR count). The van der Waals surface area contributed by atoms with E-state index in [1.54, 1.807) is 0 Å². The van der Waals surface area contributed by atoms with E-state index in [9.17, 15) is 5.11 Å². The standard InChI is InChI=1S/C12H17NO/c1-10-5-3-4-6-11(10)7-12(14)8-13(2)9-12/h3-6,14H,7-9H2,1-2H3. The summed E-state index contributed by atoms with van der Waals surface area (Å²) in [5, 5.41) is 10.1. The van der Waals surface area contributed by atoms with Crippen LogP contribution in [0.25, 0.3) is 0 Å². The Kier molecular flexibility index (Phi) is 2.33. The molecule has 0 amide bonds. The molecule has 2 heteroatoms. The van der Waals surface area contributed by atoms with Gasteiger partial charge < -0.3 is 10.0 Å². The van der Waals surface area contributed by atoms with Crippen molar-refractivity contribution in [2.75, 3.05) is 20.1 Å². The third kappa shape index (κ3) is 1.81. The first-order chi connectivity index (χ1) is 6.59. The summed E-state index contributed by atoms with van der Waals surface area (Å²) in [6, 6.07) is 8.27. The SMILES string of the molecule is Cc1ccccc1CC1(O)CN(C)C1. The molecule has 0 aromatic heterocycles. The van der Waals surface area contributed by atoms with E-state index in [1.165, 1.54) is 11.1 Å². The Morgan fingerprint density at radius 2 is 2.00 bits per heavy atom. The summed E-state index contributed by atoms with van der Waals surface area (Å²) in [6.07, 6.45) is 0.782. The molecular formula is C12H17NO. The molecule has 0 unspecified atom stereocenters. The van der Waals surface area contributed by atoms with Crippen LogP contribution in [0.3, 0.4) is 0 Å². The Bertz CT molecular complexity index is 329. The van der Waals surface area contributed by atoms with E-state index in [-0.39, 0.29) is 0 Å². The average molecular weight is 191 g/mol. The molecule has 1 aliphatic heterocycles. The number of β-amino-alcohol motifs (C(OH)–C–C–N with tert-alkyl or cyclic N) is 1. The van der Waals surface area contributed by atoms with Crippen LogP contribution in [-0.2, 0) is 6.42 Å². The van der Waals surface area contributed by atoms with Crippen molar-refractivity contribution in [3.05, 3.63) is 35.4 Å². The highest BCUT2D eigenvalue weighted by Gasteiger charge is 2.38. The van der Waals surface area contributed by atoms with E-state index >= 15 is 0 Å². The van der Waals surface area contributed by atoms with Gasteiger partial charge in [0.05, 0.1) is 5.60 Å². The summed E-state index contributed by atoms with van der Waals surface area (Å²) in [7, 11) is 2.03. The van der Waals surface area contributed by atoms with E-state index in [1.807, 2.05) is 19.2 Å². The molecule has 1 heterocycles. The quantitative estimate of drug-likeness (QED) is 0.759. The topological polar surface area (TPSA) is 23.5 Å². The largest absolute Gasteiger partial charge is 0.387 e. The molecule has 0 spiro atoms. The van der Waals surface area contributed by atoms with Gasteiger partial charge in [0.25, 0.3) is 0 Å². The summed E-state index contributed by atoms with van der Waals surface area (Å²) in [4.78, 5) is 2.14. The van der Waals surface area contributed by atoms with Crippen molar-refractivity contribution in [2.45, 2.75) is 18.9 Å². The fourth-order valence-corrected chi connectivity index (χ4v) is 2.23. The van der Waals surface area contributed by atoms with Crippen molar-refractivity contribution in [1.29, 1.82) is 0 Å². The molecule has 2 nitrogen and oxygen atoms in total. The Balaban J connectivity index is 2.08. The molecule has 1 saturated heterocycles. The second-order valence-corrected chi connectivity index (χ2v) is 4.50. The molecular weight excluding hydrogens is 174 g/mol. The highest BCUT2D eigenvalue weighted by molar-refractivity contribution is 5.28. The first-order valence-corrected chi connectivity index (χ1v) is 5.04. The lowest BCUT2D eigenvalue weighted by Gasteiger charge is -2.44. The number of hydrogen-bond donors (Lipinski definition) is 1. The van der Waals surface area contributed by atoms with Gasteiger partial charge in [-0.2, -0.15) is 0 Å². The van der Waals surface area contributed by atoms with Crippen molar-refractivity contribution in [1.82, 2.24) is 4.90 Å². The minimum absolute atomic E-state index is 0.485. The van der Waals surface area contributed by atoms with Crippen molar-refractivity contribution in [3.8, 4) is 0 Å². The first kappa shape index (κ1) is 9.69. The van der Waals surface area contributed by atoms with Gasteiger partial charge in [-0.1, -0.05) is 24.3 Å². The maximum Gasteiger partial charge on any atom is 0.0940 e. The minimum atomic E-state index is -0.485. The molecule has 1 aromatic carbocycles. The molecule has 0 bridgehead atoms. The minimum Gasteiger partial charge on any atom is -0.387 e. The van der Waals surface area contributed by atoms with Gasteiger partial charge in [0.15, 0.2) is 0 Å². The van der Waals surface area contributed by atoms with Gasteiger partial charge in [-0.25, -0.2) is 0 Å². The van der Waals surface area contributed by atoms with Crippen molar-refractivity contribution in [3.63, 3.8) is 0 Å². The highest BCUT2D eigenvalue weighted by atomic mass is 16.3. The van der Waals surface area contributed by atoms with Crippen LogP contribution in [0.4, 0.5) is 0 Å². The van der Waals surface area contributed by atoms with Gasteiger partial charge in [-0.3, -0.25) is 0 Å². The van der Waals surface area contributed by atoms with E-state index in [4.69, 9.17) is 0 Å². The maximum absolute atomic E-state index is 10.1. The number of likely N-dealkylation sites (N-methyl/N-ethyl adjacent to an activating group) is 1. The Hall–Kier alpha value is -0.860.